The second-order valence-corrected chi connectivity index (χ2v) is 3.39. The Morgan fingerprint density at radius 1 is 1.70 bits per heavy atom. The van der Waals surface area contributed by atoms with E-state index in [1.807, 2.05) is 0 Å². The number of hydrogen-bond acceptors (Lipinski definition) is 3. The molecule has 0 radical (unpaired) electrons. The maximum atomic E-state index is 10.9. The zero-order chi connectivity index (χ0) is 7.56. The number of methoxy groups -OCH3 is 1. The van der Waals surface area contributed by atoms with Crippen LogP contribution in [0.4, 0.5) is 0 Å². The molecule has 3 nitrogen and oxygen atoms in total. The molecule has 0 aromatic carbocycles. The van der Waals surface area contributed by atoms with Crippen molar-refractivity contribution in [2.24, 2.45) is 0 Å². The SMILES string of the molecule is COC(=O)C1CCC(Br)N1. The van der Waals surface area contributed by atoms with Gasteiger partial charge in [0, 0.05) is 0 Å². The summed E-state index contributed by atoms with van der Waals surface area (Å²) in [6.45, 7) is 0. The molecule has 10 heavy (non-hydrogen) atoms. The average molecular weight is 208 g/mol. The van der Waals surface area contributed by atoms with Crippen molar-refractivity contribution < 1.29 is 9.53 Å². The van der Waals surface area contributed by atoms with Crippen LogP contribution in [0.3, 0.4) is 0 Å². The maximum absolute atomic E-state index is 10.9. The number of nitrogens with one attached hydrogen (secondary N) is 1. The first-order chi connectivity index (χ1) is 4.74. The molecule has 1 fully saturated rings. The van der Waals surface area contributed by atoms with E-state index in [1.165, 1.54) is 7.11 Å². The Labute approximate surface area is 68.3 Å². The zero-order valence-electron chi connectivity index (χ0n) is 5.76. The summed E-state index contributed by atoms with van der Waals surface area (Å²) in [6.07, 6.45) is 1.85. The Morgan fingerprint density at radius 3 is 2.80 bits per heavy atom. The predicted octanol–water partition coefficient (Wildman–Crippen LogP) is 0.632. The minimum absolute atomic E-state index is 0.102. The topological polar surface area (TPSA) is 38.3 Å². The summed E-state index contributed by atoms with van der Waals surface area (Å²) in [4.78, 5) is 11.1. The summed E-state index contributed by atoms with van der Waals surface area (Å²) in [5.41, 5.74) is 0. The molecule has 2 atom stereocenters. The van der Waals surface area contributed by atoms with Crippen molar-refractivity contribution >= 4 is 21.9 Å². The van der Waals surface area contributed by atoms with Crippen molar-refractivity contribution in [1.82, 2.24) is 5.32 Å². The van der Waals surface area contributed by atoms with Crippen LogP contribution in [0.5, 0.6) is 0 Å². The lowest BCUT2D eigenvalue weighted by atomic mass is 10.2. The summed E-state index contributed by atoms with van der Waals surface area (Å²) in [5.74, 6) is -0.165. The van der Waals surface area contributed by atoms with Crippen LogP contribution in [0.1, 0.15) is 12.8 Å². The molecule has 1 saturated heterocycles. The van der Waals surface area contributed by atoms with E-state index in [1.54, 1.807) is 0 Å². The van der Waals surface area contributed by atoms with Gasteiger partial charge in [0.25, 0.3) is 0 Å². The lowest BCUT2D eigenvalue weighted by Gasteiger charge is -2.06. The Kier molecular flexibility index (Phi) is 2.68. The van der Waals surface area contributed by atoms with Gasteiger partial charge in [-0.25, -0.2) is 0 Å². The number of hydrogen-bond donors (Lipinski definition) is 1. The van der Waals surface area contributed by atoms with Gasteiger partial charge in [0.05, 0.1) is 12.1 Å². The van der Waals surface area contributed by atoms with Gasteiger partial charge in [0.15, 0.2) is 0 Å². The minimum Gasteiger partial charge on any atom is -0.468 e. The standard InChI is InChI=1S/C6H10BrNO2/c1-10-6(9)4-2-3-5(7)8-4/h4-5,8H,2-3H2,1H3. The maximum Gasteiger partial charge on any atom is 0.322 e. The van der Waals surface area contributed by atoms with Crippen molar-refractivity contribution in [3.8, 4) is 0 Å². The number of esters is 1. The fourth-order valence-corrected chi connectivity index (χ4v) is 1.61. The second-order valence-electron chi connectivity index (χ2n) is 2.29. The van der Waals surface area contributed by atoms with Crippen LogP contribution >= 0.6 is 15.9 Å². The normalized spacial score (nSPS) is 32.2. The van der Waals surface area contributed by atoms with Gasteiger partial charge in [-0.2, -0.15) is 0 Å². The zero-order valence-corrected chi connectivity index (χ0v) is 7.35. The number of rotatable bonds is 1. The van der Waals surface area contributed by atoms with Crippen LogP contribution in [0.15, 0.2) is 0 Å². The van der Waals surface area contributed by atoms with E-state index in [9.17, 15) is 4.79 Å². The van der Waals surface area contributed by atoms with Crippen molar-refractivity contribution in [1.29, 1.82) is 0 Å². The molecule has 2 unspecified atom stereocenters. The molecule has 0 aromatic rings. The largest absolute Gasteiger partial charge is 0.468 e. The van der Waals surface area contributed by atoms with Crippen LogP contribution < -0.4 is 5.32 Å². The van der Waals surface area contributed by atoms with Gasteiger partial charge in [-0.15, -0.1) is 0 Å². The van der Waals surface area contributed by atoms with E-state index in [4.69, 9.17) is 0 Å². The van der Waals surface area contributed by atoms with Crippen LogP contribution in [-0.2, 0) is 9.53 Å². The summed E-state index contributed by atoms with van der Waals surface area (Å²) in [6, 6.07) is -0.102. The molecule has 58 valence electrons. The van der Waals surface area contributed by atoms with Gasteiger partial charge < -0.3 is 4.74 Å². The smallest absolute Gasteiger partial charge is 0.322 e. The molecule has 0 spiro atoms. The third kappa shape index (κ3) is 1.70. The van der Waals surface area contributed by atoms with Crippen molar-refractivity contribution in [2.75, 3.05) is 7.11 Å². The lowest BCUT2D eigenvalue weighted by Crippen LogP contribution is -2.33. The van der Waals surface area contributed by atoms with Crippen molar-refractivity contribution in [2.45, 2.75) is 23.8 Å². The first kappa shape index (κ1) is 8.01. The van der Waals surface area contributed by atoms with Crippen LogP contribution in [-0.4, -0.2) is 24.1 Å². The molecular weight excluding hydrogens is 198 g/mol. The highest BCUT2D eigenvalue weighted by Gasteiger charge is 2.27. The fourth-order valence-electron chi connectivity index (χ4n) is 1.03. The highest BCUT2D eigenvalue weighted by molar-refractivity contribution is 9.09. The minimum atomic E-state index is -0.165. The Hall–Kier alpha value is -0.0900. The number of carbonyl (C=O) groups is 1. The molecule has 0 aromatic heterocycles. The van der Waals surface area contributed by atoms with Crippen LogP contribution in [0.2, 0.25) is 0 Å². The predicted molar refractivity (Wildman–Crippen MR) is 40.9 cm³/mol. The quantitative estimate of drug-likeness (QED) is 0.390. The van der Waals surface area contributed by atoms with Gasteiger partial charge in [-0.1, -0.05) is 15.9 Å². The van der Waals surface area contributed by atoms with E-state index in [0.29, 0.717) is 0 Å². The first-order valence-electron chi connectivity index (χ1n) is 3.22. The lowest BCUT2D eigenvalue weighted by molar-refractivity contribution is -0.142. The molecule has 1 heterocycles. The molecule has 0 saturated carbocycles. The van der Waals surface area contributed by atoms with Crippen LogP contribution in [0.25, 0.3) is 0 Å². The molecule has 0 aliphatic carbocycles. The molecule has 4 heteroatoms. The third-order valence-corrected chi connectivity index (χ3v) is 2.30. The fraction of sp³-hybridized carbons (Fsp3) is 0.833. The number of ether oxygens (including phenoxy) is 1. The van der Waals surface area contributed by atoms with Gasteiger partial charge in [0.1, 0.15) is 6.04 Å². The van der Waals surface area contributed by atoms with E-state index in [-0.39, 0.29) is 17.0 Å². The molecule has 1 N–H and O–H groups in total. The van der Waals surface area contributed by atoms with E-state index in [0.717, 1.165) is 12.8 Å². The van der Waals surface area contributed by atoms with Crippen molar-refractivity contribution in [3.63, 3.8) is 0 Å². The van der Waals surface area contributed by atoms with Crippen molar-refractivity contribution in [3.05, 3.63) is 0 Å². The molecule has 1 aliphatic rings. The molecule has 0 bridgehead atoms. The molecule has 1 aliphatic heterocycles. The Balaban J connectivity index is 2.37. The molecular formula is C6H10BrNO2. The number of carbonyl (C=O) groups excluding carboxylic acids is 1. The van der Waals surface area contributed by atoms with E-state index in [2.05, 4.69) is 26.0 Å². The molecule has 0 amide bonds. The van der Waals surface area contributed by atoms with Gasteiger partial charge >= 0.3 is 5.97 Å². The highest BCUT2D eigenvalue weighted by Crippen LogP contribution is 2.17. The first-order valence-corrected chi connectivity index (χ1v) is 4.13. The summed E-state index contributed by atoms with van der Waals surface area (Å²) >= 11 is 3.36. The summed E-state index contributed by atoms with van der Waals surface area (Å²) < 4.78 is 4.56. The van der Waals surface area contributed by atoms with E-state index >= 15 is 0 Å². The summed E-state index contributed by atoms with van der Waals surface area (Å²) in [7, 11) is 1.41. The highest BCUT2D eigenvalue weighted by atomic mass is 79.9. The average Bonchev–Trinajstić information content (AvgIpc) is 2.34. The Bertz CT molecular complexity index is 140. The second kappa shape index (κ2) is 3.34. The monoisotopic (exact) mass is 207 g/mol. The molecule has 1 rings (SSSR count). The van der Waals surface area contributed by atoms with Gasteiger partial charge in [0.2, 0.25) is 0 Å². The number of halogens is 1. The Morgan fingerprint density at radius 2 is 2.40 bits per heavy atom. The van der Waals surface area contributed by atoms with Gasteiger partial charge in [-0.05, 0) is 12.8 Å². The number of alkyl halides is 1. The van der Waals surface area contributed by atoms with Crippen LogP contribution in [0, 0.1) is 0 Å². The summed E-state index contributed by atoms with van der Waals surface area (Å²) in [5, 5.41) is 3.05. The third-order valence-electron chi connectivity index (χ3n) is 1.58. The van der Waals surface area contributed by atoms with Gasteiger partial charge in [-0.3, -0.25) is 10.1 Å². The van der Waals surface area contributed by atoms with E-state index < -0.39 is 0 Å².